The first-order valence-electron chi connectivity index (χ1n) is 10.9. The first-order chi connectivity index (χ1) is 15.7. The quantitative estimate of drug-likeness (QED) is 0.413. The van der Waals surface area contributed by atoms with Gasteiger partial charge in [0, 0.05) is 31.1 Å². The van der Waals surface area contributed by atoms with Crippen LogP contribution in [0.4, 0.5) is 0 Å². The first kappa shape index (κ1) is 20.1. The lowest BCUT2D eigenvalue weighted by Crippen LogP contribution is -2.36. The molecule has 32 heavy (non-hydrogen) atoms. The maximum absolute atomic E-state index is 13.3. The summed E-state index contributed by atoms with van der Waals surface area (Å²) in [4.78, 5) is 19.4. The van der Waals surface area contributed by atoms with Gasteiger partial charge in [0.05, 0.1) is 19.1 Å². The highest BCUT2D eigenvalue weighted by Crippen LogP contribution is 2.28. The predicted molar refractivity (Wildman–Crippen MR) is 127 cm³/mol. The molecule has 4 aromatic rings. The number of nitrogens with zero attached hydrogens (tertiary/aromatic N) is 3. The molecule has 3 aromatic carbocycles. The van der Waals surface area contributed by atoms with Crippen molar-refractivity contribution in [1.29, 1.82) is 0 Å². The number of fused-ring (bicyclic) bond motifs is 1. The molecule has 1 saturated heterocycles. The van der Waals surface area contributed by atoms with Gasteiger partial charge < -0.3 is 14.2 Å². The van der Waals surface area contributed by atoms with Gasteiger partial charge in [0.1, 0.15) is 5.75 Å². The van der Waals surface area contributed by atoms with Gasteiger partial charge in [-0.1, -0.05) is 48.5 Å². The average Bonchev–Trinajstić information content (AvgIpc) is 3.36. The Morgan fingerprint density at radius 3 is 2.81 bits per heavy atom. The molecule has 0 atom stereocenters. The summed E-state index contributed by atoms with van der Waals surface area (Å²) in [6, 6.07) is 20.6. The lowest BCUT2D eigenvalue weighted by atomic mass is 9.98. The standard InChI is InChI=1S/C27H25N3O2/c1-32-26-17-20(11-12-25(26)30-15-13-28-19-30)16-22-9-5-14-29(27(22)31)18-23-8-4-7-21-6-2-3-10-24(21)23/h2-4,6-8,10-13,15-17,19H,5,9,14,18H2,1H3/b22-16-. The third-order valence-corrected chi connectivity index (χ3v) is 6.00. The molecule has 1 aliphatic heterocycles. The highest BCUT2D eigenvalue weighted by atomic mass is 16.5. The number of carbonyl (C=O) groups excluding carboxylic acids is 1. The monoisotopic (exact) mass is 423 g/mol. The maximum Gasteiger partial charge on any atom is 0.250 e. The molecule has 0 spiro atoms. The number of imidazole rings is 1. The summed E-state index contributed by atoms with van der Waals surface area (Å²) in [7, 11) is 1.66. The van der Waals surface area contributed by atoms with Crippen LogP contribution in [0.3, 0.4) is 0 Å². The summed E-state index contributed by atoms with van der Waals surface area (Å²) in [5.41, 5.74) is 3.90. The predicted octanol–water partition coefficient (Wildman–Crippen LogP) is 5.24. The van der Waals surface area contributed by atoms with Gasteiger partial charge in [0.15, 0.2) is 0 Å². The number of benzene rings is 3. The highest BCUT2D eigenvalue weighted by Gasteiger charge is 2.23. The summed E-state index contributed by atoms with van der Waals surface area (Å²) in [6.45, 7) is 1.41. The zero-order valence-corrected chi connectivity index (χ0v) is 18.1. The second-order valence-electron chi connectivity index (χ2n) is 8.04. The fourth-order valence-electron chi connectivity index (χ4n) is 4.39. The molecule has 0 saturated carbocycles. The van der Waals surface area contributed by atoms with E-state index in [-0.39, 0.29) is 5.91 Å². The van der Waals surface area contributed by atoms with Crippen LogP contribution in [-0.4, -0.2) is 34.0 Å². The molecule has 0 N–H and O–H groups in total. The van der Waals surface area contributed by atoms with Crippen LogP contribution >= 0.6 is 0 Å². The van der Waals surface area contributed by atoms with Gasteiger partial charge in [-0.15, -0.1) is 0 Å². The number of amides is 1. The van der Waals surface area contributed by atoms with Gasteiger partial charge in [-0.3, -0.25) is 4.79 Å². The summed E-state index contributed by atoms with van der Waals surface area (Å²) in [5, 5.41) is 2.41. The Balaban J connectivity index is 1.40. The number of piperidine rings is 1. The molecule has 1 fully saturated rings. The van der Waals surface area contributed by atoms with Crippen LogP contribution in [0.1, 0.15) is 24.0 Å². The van der Waals surface area contributed by atoms with Crippen LogP contribution < -0.4 is 4.74 Å². The zero-order valence-electron chi connectivity index (χ0n) is 18.1. The number of hydrogen-bond donors (Lipinski definition) is 0. The third-order valence-electron chi connectivity index (χ3n) is 6.00. The molecule has 0 aliphatic carbocycles. The number of likely N-dealkylation sites (tertiary alicyclic amines) is 1. The minimum atomic E-state index is 0.113. The summed E-state index contributed by atoms with van der Waals surface area (Å²) in [5.74, 6) is 0.857. The van der Waals surface area contributed by atoms with Crippen LogP contribution in [0.5, 0.6) is 5.75 Å². The fraction of sp³-hybridized carbons (Fsp3) is 0.185. The first-order valence-corrected chi connectivity index (χ1v) is 10.9. The van der Waals surface area contributed by atoms with E-state index in [0.29, 0.717) is 6.54 Å². The Kier molecular flexibility index (Phi) is 5.46. The van der Waals surface area contributed by atoms with E-state index in [1.165, 1.54) is 16.3 Å². The largest absolute Gasteiger partial charge is 0.495 e. The van der Waals surface area contributed by atoms with Gasteiger partial charge in [-0.05, 0) is 52.9 Å². The molecule has 1 aromatic heterocycles. The Hall–Kier alpha value is -3.86. The van der Waals surface area contributed by atoms with Crippen molar-refractivity contribution in [2.24, 2.45) is 0 Å². The molecule has 0 unspecified atom stereocenters. The van der Waals surface area contributed by atoms with Crippen molar-refractivity contribution >= 4 is 22.8 Å². The van der Waals surface area contributed by atoms with Crippen molar-refractivity contribution in [3.05, 3.63) is 96.1 Å². The maximum atomic E-state index is 13.3. The lowest BCUT2D eigenvalue weighted by Gasteiger charge is -2.29. The van der Waals surface area contributed by atoms with Gasteiger partial charge in [0.25, 0.3) is 0 Å². The fourth-order valence-corrected chi connectivity index (χ4v) is 4.39. The van der Waals surface area contributed by atoms with Crippen molar-refractivity contribution in [3.8, 4) is 11.4 Å². The Labute approximate surface area is 187 Å². The lowest BCUT2D eigenvalue weighted by molar-refractivity contribution is -0.129. The third kappa shape index (κ3) is 3.89. The Morgan fingerprint density at radius 1 is 1.09 bits per heavy atom. The SMILES string of the molecule is COc1cc(/C=C2/CCCN(Cc3cccc4ccccc34)C2=O)ccc1-n1ccnc1. The summed E-state index contributed by atoms with van der Waals surface area (Å²) >= 11 is 0. The van der Waals surface area contributed by atoms with Crippen molar-refractivity contribution in [3.63, 3.8) is 0 Å². The molecule has 5 heteroatoms. The zero-order chi connectivity index (χ0) is 21.9. The van der Waals surface area contributed by atoms with E-state index in [4.69, 9.17) is 4.74 Å². The minimum absolute atomic E-state index is 0.113. The summed E-state index contributed by atoms with van der Waals surface area (Å²) in [6.07, 6.45) is 9.11. The molecule has 160 valence electrons. The number of ether oxygens (including phenoxy) is 1. The van der Waals surface area contributed by atoms with E-state index in [1.54, 1.807) is 19.6 Å². The number of carbonyl (C=O) groups is 1. The van der Waals surface area contributed by atoms with Crippen LogP contribution in [0.2, 0.25) is 0 Å². The van der Waals surface area contributed by atoms with Crippen LogP contribution in [0.25, 0.3) is 22.5 Å². The van der Waals surface area contributed by atoms with E-state index in [0.717, 1.165) is 42.0 Å². The molecular weight excluding hydrogens is 398 g/mol. The molecule has 5 rings (SSSR count). The molecule has 1 amide bonds. The topological polar surface area (TPSA) is 47.4 Å². The smallest absolute Gasteiger partial charge is 0.250 e. The van der Waals surface area contributed by atoms with Gasteiger partial charge in [0.2, 0.25) is 5.91 Å². The van der Waals surface area contributed by atoms with Crippen molar-refractivity contribution in [1.82, 2.24) is 14.5 Å². The molecular formula is C27H25N3O2. The van der Waals surface area contributed by atoms with Gasteiger partial charge in [-0.25, -0.2) is 4.98 Å². The number of methoxy groups -OCH3 is 1. The second-order valence-corrected chi connectivity index (χ2v) is 8.04. The van der Waals surface area contributed by atoms with Crippen LogP contribution in [0.15, 0.2) is 85.0 Å². The molecule has 0 radical (unpaired) electrons. The number of rotatable bonds is 5. The van der Waals surface area contributed by atoms with E-state index in [1.807, 2.05) is 46.0 Å². The normalized spacial score (nSPS) is 15.5. The molecule has 2 heterocycles. The number of aromatic nitrogens is 2. The van der Waals surface area contributed by atoms with E-state index in [2.05, 4.69) is 41.4 Å². The van der Waals surface area contributed by atoms with Crippen LogP contribution in [0, 0.1) is 0 Å². The van der Waals surface area contributed by atoms with Crippen molar-refractivity contribution < 1.29 is 9.53 Å². The number of hydrogen-bond acceptors (Lipinski definition) is 3. The van der Waals surface area contributed by atoms with E-state index >= 15 is 0 Å². The van der Waals surface area contributed by atoms with E-state index < -0.39 is 0 Å². The van der Waals surface area contributed by atoms with Crippen LogP contribution in [-0.2, 0) is 11.3 Å². The van der Waals surface area contributed by atoms with Gasteiger partial charge in [-0.2, -0.15) is 0 Å². The van der Waals surface area contributed by atoms with Gasteiger partial charge >= 0.3 is 0 Å². The minimum Gasteiger partial charge on any atom is -0.495 e. The van der Waals surface area contributed by atoms with Crippen molar-refractivity contribution in [2.75, 3.05) is 13.7 Å². The second kappa shape index (κ2) is 8.71. The Bertz CT molecular complexity index is 1290. The molecule has 5 nitrogen and oxygen atoms in total. The highest BCUT2D eigenvalue weighted by molar-refractivity contribution is 5.99. The Morgan fingerprint density at radius 2 is 1.97 bits per heavy atom. The average molecular weight is 424 g/mol. The summed E-state index contributed by atoms with van der Waals surface area (Å²) < 4.78 is 7.50. The van der Waals surface area contributed by atoms with E-state index in [9.17, 15) is 4.79 Å². The van der Waals surface area contributed by atoms with Crippen molar-refractivity contribution in [2.45, 2.75) is 19.4 Å². The molecule has 1 aliphatic rings. The molecule has 0 bridgehead atoms.